The highest BCUT2D eigenvalue weighted by Gasteiger charge is 2.41. The van der Waals surface area contributed by atoms with Gasteiger partial charge < -0.3 is 20.1 Å². The van der Waals surface area contributed by atoms with Gasteiger partial charge in [-0.25, -0.2) is 0 Å². The third-order valence-corrected chi connectivity index (χ3v) is 2.49. The summed E-state index contributed by atoms with van der Waals surface area (Å²) in [6, 6.07) is 0. The zero-order valence-electron chi connectivity index (χ0n) is 7.34. The van der Waals surface area contributed by atoms with Gasteiger partial charge in [0.15, 0.2) is 6.29 Å². The van der Waals surface area contributed by atoms with E-state index in [1.54, 1.807) is 6.92 Å². The van der Waals surface area contributed by atoms with Gasteiger partial charge in [0.05, 0.1) is 6.10 Å². The van der Waals surface area contributed by atoms with E-state index in [0.29, 0.717) is 0 Å². The maximum absolute atomic E-state index is 9.32. The van der Waals surface area contributed by atoms with Crippen LogP contribution in [0.25, 0.3) is 0 Å². The Labute approximate surface area is 71.8 Å². The Morgan fingerprint density at radius 3 is 2.33 bits per heavy atom. The molecule has 0 bridgehead atoms. The van der Waals surface area contributed by atoms with Crippen molar-refractivity contribution >= 4 is 0 Å². The lowest BCUT2D eigenvalue weighted by molar-refractivity contribution is -0.137. The molecule has 1 rings (SSSR count). The van der Waals surface area contributed by atoms with Gasteiger partial charge in [-0.2, -0.15) is 0 Å². The largest absolute Gasteiger partial charge is 0.396 e. The summed E-state index contributed by atoms with van der Waals surface area (Å²) >= 11 is 0. The molecule has 1 unspecified atom stereocenters. The van der Waals surface area contributed by atoms with Gasteiger partial charge in [-0.3, -0.25) is 0 Å². The van der Waals surface area contributed by atoms with E-state index in [-0.39, 0.29) is 24.5 Å². The molecule has 72 valence electrons. The SMILES string of the molecule is C[C@H]1[C@H]([C@H](C)CO)OC(O)[C@@H]1O. The minimum Gasteiger partial charge on any atom is -0.396 e. The second-order valence-corrected chi connectivity index (χ2v) is 3.50. The van der Waals surface area contributed by atoms with Gasteiger partial charge in [-0.05, 0) is 0 Å². The molecule has 0 saturated carbocycles. The predicted molar refractivity (Wildman–Crippen MR) is 42.3 cm³/mol. The van der Waals surface area contributed by atoms with Crippen molar-refractivity contribution in [1.82, 2.24) is 0 Å². The molecule has 5 atom stereocenters. The van der Waals surface area contributed by atoms with Crippen molar-refractivity contribution in [3.63, 3.8) is 0 Å². The summed E-state index contributed by atoms with van der Waals surface area (Å²) in [5.74, 6) is -0.172. The molecular weight excluding hydrogens is 160 g/mol. The predicted octanol–water partition coefficient (Wildman–Crippen LogP) is -0.671. The van der Waals surface area contributed by atoms with Crippen LogP contribution in [0.5, 0.6) is 0 Å². The van der Waals surface area contributed by atoms with Crippen LogP contribution in [-0.2, 0) is 4.74 Å². The van der Waals surface area contributed by atoms with Gasteiger partial charge in [0.2, 0.25) is 0 Å². The monoisotopic (exact) mass is 176 g/mol. The lowest BCUT2D eigenvalue weighted by Crippen LogP contribution is -2.28. The first-order valence-electron chi connectivity index (χ1n) is 4.20. The molecule has 3 N–H and O–H groups in total. The van der Waals surface area contributed by atoms with Gasteiger partial charge in [-0.15, -0.1) is 0 Å². The van der Waals surface area contributed by atoms with Crippen LogP contribution >= 0.6 is 0 Å². The van der Waals surface area contributed by atoms with E-state index in [0.717, 1.165) is 0 Å². The standard InChI is InChI=1S/C8H16O4/c1-4(3-9)7-5(2)6(10)8(11)12-7/h4-11H,3H2,1-2H3/t4-,5-,6-,7+,8?/m1/s1. The highest BCUT2D eigenvalue weighted by atomic mass is 16.6. The van der Waals surface area contributed by atoms with Crippen LogP contribution in [0, 0.1) is 11.8 Å². The molecule has 0 aromatic carbocycles. The normalized spacial score (nSPS) is 44.8. The number of aliphatic hydroxyl groups is 3. The molecule has 1 fully saturated rings. The Morgan fingerprint density at radius 2 is 2.00 bits per heavy atom. The molecule has 4 heteroatoms. The Morgan fingerprint density at radius 1 is 1.42 bits per heavy atom. The average molecular weight is 176 g/mol. The first-order valence-corrected chi connectivity index (χ1v) is 4.20. The minimum absolute atomic E-state index is 0.00838. The Kier molecular flexibility index (Phi) is 3.06. The van der Waals surface area contributed by atoms with E-state index in [9.17, 15) is 5.11 Å². The van der Waals surface area contributed by atoms with E-state index in [2.05, 4.69) is 0 Å². The van der Waals surface area contributed by atoms with Crippen LogP contribution in [0.2, 0.25) is 0 Å². The lowest BCUT2D eigenvalue weighted by Gasteiger charge is -2.20. The summed E-state index contributed by atoms with van der Waals surface area (Å²) in [5.41, 5.74) is 0. The molecule has 0 aromatic rings. The summed E-state index contributed by atoms with van der Waals surface area (Å²) in [6.45, 7) is 3.64. The van der Waals surface area contributed by atoms with Gasteiger partial charge in [0.25, 0.3) is 0 Å². The number of ether oxygens (including phenoxy) is 1. The van der Waals surface area contributed by atoms with Crippen molar-refractivity contribution in [2.75, 3.05) is 6.61 Å². The van der Waals surface area contributed by atoms with E-state index in [1.807, 2.05) is 6.92 Å². The van der Waals surface area contributed by atoms with Crippen LogP contribution in [0.4, 0.5) is 0 Å². The second-order valence-electron chi connectivity index (χ2n) is 3.50. The average Bonchev–Trinajstić information content (AvgIpc) is 2.32. The summed E-state index contributed by atoms with van der Waals surface area (Å²) in [4.78, 5) is 0. The molecule has 4 nitrogen and oxygen atoms in total. The third kappa shape index (κ3) is 1.61. The fraction of sp³-hybridized carbons (Fsp3) is 1.00. The number of hydrogen-bond acceptors (Lipinski definition) is 4. The first-order chi connectivity index (χ1) is 5.57. The fourth-order valence-electron chi connectivity index (χ4n) is 1.58. The van der Waals surface area contributed by atoms with Crippen LogP contribution in [-0.4, -0.2) is 40.4 Å². The molecular formula is C8H16O4. The van der Waals surface area contributed by atoms with Gasteiger partial charge in [0.1, 0.15) is 6.10 Å². The topological polar surface area (TPSA) is 69.9 Å². The molecule has 0 spiro atoms. The summed E-state index contributed by atoms with van der Waals surface area (Å²) < 4.78 is 5.08. The Balaban J connectivity index is 2.58. The van der Waals surface area contributed by atoms with Crippen molar-refractivity contribution in [1.29, 1.82) is 0 Å². The van der Waals surface area contributed by atoms with Gasteiger partial charge in [0, 0.05) is 18.4 Å². The summed E-state index contributed by atoms with van der Waals surface area (Å²) in [5, 5.41) is 27.3. The molecule has 0 amide bonds. The molecule has 0 aliphatic carbocycles. The minimum atomic E-state index is -1.10. The molecule has 1 saturated heterocycles. The molecule has 1 aliphatic heterocycles. The van der Waals surface area contributed by atoms with Crippen LogP contribution in [0.3, 0.4) is 0 Å². The summed E-state index contributed by atoms with van der Waals surface area (Å²) in [6.07, 6.45) is -2.18. The zero-order chi connectivity index (χ0) is 9.30. The first kappa shape index (κ1) is 9.92. The maximum atomic E-state index is 9.32. The van der Waals surface area contributed by atoms with Crippen molar-refractivity contribution in [3.8, 4) is 0 Å². The van der Waals surface area contributed by atoms with E-state index >= 15 is 0 Å². The molecule has 1 heterocycles. The highest BCUT2D eigenvalue weighted by Crippen LogP contribution is 2.29. The fourth-order valence-corrected chi connectivity index (χ4v) is 1.58. The molecule has 12 heavy (non-hydrogen) atoms. The van der Waals surface area contributed by atoms with Crippen LogP contribution < -0.4 is 0 Å². The van der Waals surface area contributed by atoms with E-state index < -0.39 is 12.4 Å². The number of rotatable bonds is 2. The van der Waals surface area contributed by atoms with Gasteiger partial charge in [-0.1, -0.05) is 13.8 Å². The second kappa shape index (κ2) is 3.70. The van der Waals surface area contributed by atoms with Gasteiger partial charge >= 0.3 is 0 Å². The lowest BCUT2D eigenvalue weighted by atomic mass is 9.92. The van der Waals surface area contributed by atoms with Crippen molar-refractivity contribution < 1.29 is 20.1 Å². The van der Waals surface area contributed by atoms with E-state index in [1.165, 1.54) is 0 Å². The van der Waals surface area contributed by atoms with Crippen molar-refractivity contribution in [2.45, 2.75) is 32.3 Å². The van der Waals surface area contributed by atoms with Crippen molar-refractivity contribution in [3.05, 3.63) is 0 Å². The highest BCUT2D eigenvalue weighted by molar-refractivity contribution is 4.85. The molecule has 0 aromatic heterocycles. The van der Waals surface area contributed by atoms with Crippen LogP contribution in [0.1, 0.15) is 13.8 Å². The summed E-state index contributed by atoms with van der Waals surface area (Å²) in [7, 11) is 0. The Hall–Kier alpha value is -0.160. The molecule has 1 aliphatic rings. The number of aliphatic hydroxyl groups excluding tert-OH is 3. The van der Waals surface area contributed by atoms with E-state index in [4.69, 9.17) is 14.9 Å². The third-order valence-electron chi connectivity index (χ3n) is 2.49. The quantitative estimate of drug-likeness (QED) is 0.522. The zero-order valence-corrected chi connectivity index (χ0v) is 7.34. The maximum Gasteiger partial charge on any atom is 0.181 e. The Bertz CT molecular complexity index is 150. The smallest absolute Gasteiger partial charge is 0.181 e. The van der Waals surface area contributed by atoms with Crippen molar-refractivity contribution in [2.24, 2.45) is 11.8 Å². The molecule has 0 radical (unpaired) electrons. The number of hydrogen-bond donors (Lipinski definition) is 3. The van der Waals surface area contributed by atoms with Crippen LogP contribution in [0.15, 0.2) is 0 Å².